The fourth-order valence-corrected chi connectivity index (χ4v) is 1.61. The van der Waals surface area contributed by atoms with Crippen LogP contribution in [0.25, 0.3) is 0 Å². The van der Waals surface area contributed by atoms with Crippen LogP contribution in [0.5, 0.6) is 0 Å². The fourth-order valence-electron chi connectivity index (χ4n) is 1.05. The number of aromatic nitrogens is 1. The number of rotatable bonds is 3. The van der Waals surface area contributed by atoms with Gasteiger partial charge in [-0.05, 0) is 39.9 Å². The Morgan fingerprint density at radius 2 is 2.38 bits per heavy atom. The Balaban J connectivity index is 2.81. The van der Waals surface area contributed by atoms with Crippen LogP contribution in [-0.4, -0.2) is 16.7 Å². The first-order valence-corrected chi connectivity index (χ1v) is 5.21. The third-order valence-corrected chi connectivity index (χ3v) is 2.68. The van der Waals surface area contributed by atoms with Gasteiger partial charge in [-0.1, -0.05) is 18.5 Å². The van der Waals surface area contributed by atoms with Gasteiger partial charge in [0.1, 0.15) is 4.60 Å². The van der Waals surface area contributed by atoms with E-state index in [0.29, 0.717) is 5.02 Å². The monoisotopic (exact) mass is 263 g/mol. The van der Waals surface area contributed by atoms with Gasteiger partial charge in [-0.15, -0.1) is 0 Å². The van der Waals surface area contributed by atoms with Gasteiger partial charge >= 0.3 is 0 Å². The van der Waals surface area contributed by atoms with Crippen molar-refractivity contribution in [2.45, 2.75) is 13.3 Å². The van der Waals surface area contributed by atoms with Crippen LogP contribution in [0.3, 0.4) is 0 Å². The Hall–Kier alpha value is -0.120. The Kier molecular flexibility index (Phi) is 4.16. The van der Waals surface area contributed by atoms with Crippen molar-refractivity contribution in [2.75, 3.05) is 6.61 Å². The highest BCUT2D eigenvalue weighted by Gasteiger charge is 2.07. The number of halogens is 2. The van der Waals surface area contributed by atoms with Gasteiger partial charge in [-0.2, -0.15) is 0 Å². The first-order valence-electron chi connectivity index (χ1n) is 4.04. The van der Waals surface area contributed by atoms with E-state index in [2.05, 4.69) is 20.9 Å². The third-order valence-electron chi connectivity index (χ3n) is 1.76. The summed E-state index contributed by atoms with van der Waals surface area (Å²) in [4.78, 5) is 4.07. The second kappa shape index (κ2) is 4.94. The minimum atomic E-state index is 0.180. The van der Waals surface area contributed by atoms with Crippen molar-refractivity contribution in [2.24, 2.45) is 5.92 Å². The smallest absolute Gasteiger partial charge is 0.109 e. The zero-order valence-corrected chi connectivity index (χ0v) is 9.64. The summed E-state index contributed by atoms with van der Waals surface area (Å²) in [6, 6.07) is 1.87. The summed E-state index contributed by atoms with van der Waals surface area (Å²) >= 11 is 9.13. The molecule has 1 atom stereocenters. The van der Waals surface area contributed by atoms with Gasteiger partial charge in [0.25, 0.3) is 0 Å². The molecule has 1 heterocycles. The predicted octanol–water partition coefficient (Wildman–Crippen LogP) is 2.67. The maximum Gasteiger partial charge on any atom is 0.109 e. The largest absolute Gasteiger partial charge is 0.396 e. The van der Waals surface area contributed by atoms with Gasteiger partial charge < -0.3 is 5.11 Å². The van der Waals surface area contributed by atoms with Gasteiger partial charge in [0.15, 0.2) is 0 Å². The molecule has 0 saturated heterocycles. The Morgan fingerprint density at radius 1 is 1.69 bits per heavy atom. The summed E-state index contributed by atoms with van der Waals surface area (Å²) in [5.74, 6) is 0.233. The highest BCUT2D eigenvalue weighted by Crippen LogP contribution is 2.20. The van der Waals surface area contributed by atoms with E-state index < -0.39 is 0 Å². The van der Waals surface area contributed by atoms with E-state index in [9.17, 15) is 0 Å². The number of aliphatic hydroxyl groups is 1. The summed E-state index contributed by atoms with van der Waals surface area (Å²) in [7, 11) is 0. The molecule has 0 saturated carbocycles. The van der Waals surface area contributed by atoms with Crippen molar-refractivity contribution < 1.29 is 5.11 Å². The lowest BCUT2D eigenvalue weighted by molar-refractivity contribution is 0.237. The normalized spacial score (nSPS) is 12.9. The summed E-state index contributed by atoms with van der Waals surface area (Å²) < 4.78 is 0.803. The molecule has 1 aromatic rings. The molecular weight excluding hydrogens is 253 g/mol. The van der Waals surface area contributed by atoms with E-state index in [4.69, 9.17) is 16.7 Å². The van der Waals surface area contributed by atoms with E-state index in [-0.39, 0.29) is 12.5 Å². The van der Waals surface area contributed by atoms with Crippen LogP contribution in [0.2, 0.25) is 5.02 Å². The molecule has 2 nitrogen and oxygen atoms in total. The van der Waals surface area contributed by atoms with Crippen LogP contribution in [0, 0.1) is 5.92 Å². The van der Waals surface area contributed by atoms with E-state index in [1.165, 1.54) is 0 Å². The number of pyridine rings is 1. The molecule has 1 rings (SSSR count). The predicted molar refractivity (Wildman–Crippen MR) is 56.9 cm³/mol. The molecule has 0 bridgehead atoms. The van der Waals surface area contributed by atoms with Crippen LogP contribution in [0.1, 0.15) is 12.5 Å². The van der Waals surface area contributed by atoms with E-state index in [1.54, 1.807) is 6.20 Å². The van der Waals surface area contributed by atoms with E-state index in [0.717, 1.165) is 16.6 Å². The maximum absolute atomic E-state index is 8.89. The molecule has 1 N–H and O–H groups in total. The van der Waals surface area contributed by atoms with Gasteiger partial charge in [-0.25, -0.2) is 4.98 Å². The lowest BCUT2D eigenvalue weighted by Gasteiger charge is -2.08. The Morgan fingerprint density at radius 3 is 3.00 bits per heavy atom. The molecule has 13 heavy (non-hydrogen) atoms. The third kappa shape index (κ3) is 3.25. The number of nitrogens with zero attached hydrogens (tertiary/aromatic N) is 1. The first kappa shape index (κ1) is 11.0. The molecule has 0 aliphatic carbocycles. The summed E-state index contributed by atoms with van der Waals surface area (Å²) in [6.45, 7) is 2.16. The molecule has 0 aliphatic rings. The molecule has 0 amide bonds. The Labute approximate surface area is 91.1 Å². The van der Waals surface area contributed by atoms with Crippen LogP contribution < -0.4 is 0 Å². The van der Waals surface area contributed by atoms with Crippen LogP contribution in [-0.2, 0) is 6.42 Å². The quantitative estimate of drug-likeness (QED) is 0.852. The molecule has 0 spiro atoms. The van der Waals surface area contributed by atoms with Gasteiger partial charge in [0.05, 0.1) is 5.02 Å². The fraction of sp³-hybridized carbons (Fsp3) is 0.444. The highest BCUT2D eigenvalue weighted by molar-refractivity contribution is 9.10. The molecule has 4 heteroatoms. The number of hydrogen-bond acceptors (Lipinski definition) is 2. The zero-order valence-electron chi connectivity index (χ0n) is 7.30. The van der Waals surface area contributed by atoms with Gasteiger partial charge in [-0.3, -0.25) is 0 Å². The summed E-state index contributed by atoms with van der Waals surface area (Å²) in [6.07, 6.45) is 2.38. The number of aliphatic hydroxyl groups excluding tert-OH is 1. The first-order chi connectivity index (χ1) is 6.13. The minimum Gasteiger partial charge on any atom is -0.396 e. The van der Waals surface area contributed by atoms with Crippen molar-refractivity contribution in [1.29, 1.82) is 0 Å². The average molecular weight is 265 g/mol. The SMILES string of the molecule is CC(CO)Cc1cc(Cl)cnc1Br. The minimum absolute atomic E-state index is 0.180. The second-order valence-electron chi connectivity index (χ2n) is 3.10. The van der Waals surface area contributed by atoms with Crippen LogP contribution >= 0.6 is 27.5 Å². The molecule has 1 aromatic heterocycles. The van der Waals surface area contributed by atoms with Crippen LogP contribution in [0.15, 0.2) is 16.9 Å². The molecule has 0 aromatic carbocycles. The highest BCUT2D eigenvalue weighted by atomic mass is 79.9. The summed E-state index contributed by atoms with van der Waals surface area (Å²) in [5, 5.41) is 9.52. The molecule has 0 radical (unpaired) electrons. The molecule has 72 valence electrons. The molecule has 0 aliphatic heterocycles. The zero-order chi connectivity index (χ0) is 9.84. The molecule has 1 unspecified atom stereocenters. The van der Waals surface area contributed by atoms with Crippen molar-refractivity contribution >= 4 is 27.5 Å². The maximum atomic E-state index is 8.89. The Bertz CT molecular complexity index is 293. The van der Waals surface area contributed by atoms with Gasteiger partial charge in [0.2, 0.25) is 0 Å². The number of hydrogen-bond donors (Lipinski definition) is 1. The second-order valence-corrected chi connectivity index (χ2v) is 4.28. The standard InChI is InChI=1S/C9H11BrClNO/c1-6(5-13)2-7-3-8(11)4-12-9(7)10/h3-4,6,13H,2,5H2,1H3. The lowest BCUT2D eigenvalue weighted by Crippen LogP contribution is -2.05. The van der Waals surface area contributed by atoms with Crippen molar-refractivity contribution in [3.8, 4) is 0 Å². The van der Waals surface area contributed by atoms with E-state index >= 15 is 0 Å². The molecule has 0 fully saturated rings. The van der Waals surface area contributed by atoms with E-state index in [1.807, 2.05) is 13.0 Å². The van der Waals surface area contributed by atoms with Crippen molar-refractivity contribution in [1.82, 2.24) is 4.98 Å². The van der Waals surface area contributed by atoms with Crippen LogP contribution in [0.4, 0.5) is 0 Å². The van der Waals surface area contributed by atoms with Crippen molar-refractivity contribution in [3.05, 3.63) is 27.5 Å². The topological polar surface area (TPSA) is 33.1 Å². The molecular formula is C9H11BrClNO. The van der Waals surface area contributed by atoms with Crippen molar-refractivity contribution in [3.63, 3.8) is 0 Å². The van der Waals surface area contributed by atoms with Gasteiger partial charge in [0, 0.05) is 12.8 Å². The lowest BCUT2D eigenvalue weighted by atomic mass is 10.0. The summed E-state index contributed by atoms with van der Waals surface area (Å²) in [5.41, 5.74) is 1.04. The average Bonchev–Trinajstić information content (AvgIpc) is 2.11.